The van der Waals surface area contributed by atoms with Gasteiger partial charge in [-0.15, -0.1) is 0 Å². The Morgan fingerprint density at radius 2 is 2.12 bits per heavy atom. The molecule has 5 nitrogen and oxygen atoms in total. The van der Waals surface area contributed by atoms with Gasteiger partial charge in [0.25, 0.3) is 0 Å². The largest absolute Gasteiger partial charge is 0.480 e. The van der Waals surface area contributed by atoms with Gasteiger partial charge in [0.2, 0.25) is 0 Å². The highest BCUT2D eigenvalue weighted by molar-refractivity contribution is 5.69. The molecule has 1 aromatic rings. The molecule has 1 rings (SSSR count). The first-order chi connectivity index (χ1) is 7.91. The quantitative estimate of drug-likeness (QED) is 0.826. The summed E-state index contributed by atoms with van der Waals surface area (Å²) in [5, 5.41) is 11.4. The predicted octanol–water partition coefficient (Wildman–Crippen LogP) is 2.09. The molecule has 17 heavy (non-hydrogen) atoms. The molecule has 0 amide bonds. The third-order valence-electron chi connectivity index (χ3n) is 1.79. The number of hydrogen-bond donors (Lipinski definition) is 2. The SMILES string of the molecule is CC(C)(Cc1ncco1)NCC(=O)O.CCC. The first-order valence-corrected chi connectivity index (χ1v) is 5.76. The number of carboxylic acids is 1. The second-order valence-electron chi connectivity index (χ2n) is 4.44. The van der Waals surface area contributed by atoms with Crippen LogP contribution in [0.3, 0.4) is 0 Å². The van der Waals surface area contributed by atoms with E-state index in [9.17, 15) is 4.79 Å². The third kappa shape index (κ3) is 8.45. The highest BCUT2D eigenvalue weighted by Crippen LogP contribution is 2.10. The number of rotatable bonds is 5. The second kappa shape index (κ2) is 7.84. The molecule has 98 valence electrons. The topological polar surface area (TPSA) is 75.4 Å². The van der Waals surface area contributed by atoms with Gasteiger partial charge in [0.05, 0.1) is 12.7 Å². The van der Waals surface area contributed by atoms with Crippen LogP contribution in [0.5, 0.6) is 0 Å². The summed E-state index contributed by atoms with van der Waals surface area (Å²) in [4.78, 5) is 14.3. The van der Waals surface area contributed by atoms with Gasteiger partial charge in [-0.25, -0.2) is 4.98 Å². The zero-order valence-corrected chi connectivity index (χ0v) is 11.0. The lowest BCUT2D eigenvalue weighted by Crippen LogP contribution is -2.44. The first-order valence-electron chi connectivity index (χ1n) is 5.76. The summed E-state index contributed by atoms with van der Waals surface area (Å²) in [5.41, 5.74) is -0.330. The Bertz CT molecular complexity index is 308. The minimum absolute atomic E-state index is 0.0618. The van der Waals surface area contributed by atoms with Crippen LogP contribution < -0.4 is 5.32 Å². The summed E-state index contributed by atoms with van der Waals surface area (Å²) in [6.45, 7) is 7.99. The van der Waals surface area contributed by atoms with E-state index in [0.29, 0.717) is 12.3 Å². The Morgan fingerprint density at radius 1 is 1.53 bits per heavy atom. The molecule has 0 bridgehead atoms. The summed E-state index contributed by atoms with van der Waals surface area (Å²) in [6.07, 6.45) is 4.89. The van der Waals surface area contributed by atoms with Crippen molar-refractivity contribution < 1.29 is 14.3 Å². The number of aliphatic carboxylic acids is 1. The summed E-state index contributed by atoms with van der Waals surface area (Å²) in [5.74, 6) is -0.265. The van der Waals surface area contributed by atoms with Crippen LogP contribution in [0, 0.1) is 0 Å². The lowest BCUT2D eigenvalue weighted by Gasteiger charge is -2.23. The van der Waals surface area contributed by atoms with E-state index in [0.717, 1.165) is 0 Å². The molecule has 0 aliphatic rings. The minimum Gasteiger partial charge on any atom is -0.480 e. The Hall–Kier alpha value is -1.36. The Morgan fingerprint density at radius 3 is 2.53 bits per heavy atom. The molecular weight excluding hydrogens is 220 g/mol. The monoisotopic (exact) mass is 242 g/mol. The molecule has 1 heterocycles. The van der Waals surface area contributed by atoms with E-state index in [1.807, 2.05) is 13.8 Å². The average Bonchev–Trinajstić information content (AvgIpc) is 2.68. The molecule has 2 N–H and O–H groups in total. The normalized spacial score (nSPS) is 10.6. The molecule has 0 saturated heterocycles. The van der Waals surface area contributed by atoms with E-state index in [-0.39, 0.29) is 12.1 Å². The number of oxazole rings is 1. The lowest BCUT2D eigenvalue weighted by atomic mass is 10.0. The van der Waals surface area contributed by atoms with Crippen molar-refractivity contribution in [3.63, 3.8) is 0 Å². The minimum atomic E-state index is -0.870. The van der Waals surface area contributed by atoms with Crippen molar-refractivity contribution in [1.82, 2.24) is 10.3 Å². The van der Waals surface area contributed by atoms with Gasteiger partial charge in [-0.1, -0.05) is 20.3 Å². The number of carboxylic acid groups (broad SMARTS) is 1. The third-order valence-corrected chi connectivity index (χ3v) is 1.79. The highest BCUT2D eigenvalue weighted by atomic mass is 16.4. The van der Waals surface area contributed by atoms with Crippen LogP contribution in [0.4, 0.5) is 0 Å². The number of carbonyl (C=O) groups is 1. The molecule has 5 heteroatoms. The van der Waals surface area contributed by atoms with Gasteiger partial charge in [0.15, 0.2) is 5.89 Å². The molecule has 0 fully saturated rings. The van der Waals surface area contributed by atoms with Crippen LogP contribution >= 0.6 is 0 Å². The average molecular weight is 242 g/mol. The molecular formula is C12H22N2O3. The van der Waals surface area contributed by atoms with E-state index in [1.54, 1.807) is 6.20 Å². The van der Waals surface area contributed by atoms with Gasteiger partial charge in [0.1, 0.15) is 6.26 Å². The van der Waals surface area contributed by atoms with Gasteiger partial charge in [-0.3, -0.25) is 4.79 Å². The number of nitrogens with zero attached hydrogens (tertiary/aromatic N) is 1. The molecule has 0 aliphatic carbocycles. The van der Waals surface area contributed by atoms with Crippen molar-refractivity contribution in [3.05, 3.63) is 18.4 Å². The van der Waals surface area contributed by atoms with Crippen LogP contribution in [0.15, 0.2) is 16.9 Å². The molecule has 0 aromatic carbocycles. The first kappa shape index (κ1) is 15.6. The smallest absolute Gasteiger partial charge is 0.317 e. The van der Waals surface area contributed by atoms with E-state index in [1.165, 1.54) is 12.7 Å². The lowest BCUT2D eigenvalue weighted by molar-refractivity contribution is -0.136. The fourth-order valence-electron chi connectivity index (χ4n) is 1.10. The molecule has 0 atom stereocenters. The van der Waals surface area contributed by atoms with Gasteiger partial charge in [-0.2, -0.15) is 0 Å². The van der Waals surface area contributed by atoms with Crippen LogP contribution in [0.1, 0.15) is 40.0 Å². The standard InChI is InChI=1S/C9H14N2O3.C3H8/c1-9(2,11-6-8(12)13)5-7-10-3-4-14-7;1-3-2/h3-4,11H,5-6H2,1-2H3,(H,12,13);3H2,1-2H3. The van der Waals surface area contributed by atoms with Crippen LogP contribution in [-0.2, 0) is 11.2 Å². The Labute approximate surface area is 102 Å². The van der Waals surface area contributed by atoms with Crippen molar-refractivity contribution in [2.24, 2.45) is 0 Å². The second-order valence-corrected chi connectivity index (χ2v) is 4.44. The van der Waals surface area contributed by atoms with Crippen LogP contribution in [0.2, 0.25) is 0 Å². The van der Waals surface area contributed by atoms with Gasteiger partial charge in [-0.05, 0) is 13.8 Å². The van der Waals surface area contributed by atoms with E-state index < -0.39 is 5.97 Å². The molecule has 0 aliphatic heterocycles. The maximum atomic E-state index is 10.3. The van der Waals surface area contributed by atoms with E-state index in [4.69, 9.17) is 9.52 Å². The maximum Gasteiger partial charge on any atom is 0.317 e. The fraction of sp³-hybridized carbons (Fsp3) is 0.667. The van der Waals surface area contributed by atoms with Gasteiger partial charge in [0, 0.05) is 12.0 Å². The predicted molar refractivity (Wildman–Crippen MR) is 65.9 cm³/mol. The molecule has 1 aromatic heterocycles. The van der Waals surface area contributed by atoms with Crippen molar-refractivity contribution in [1.29, 1.82) is 0 Å². The Balaban J connectivity index is 0.000000770. The zero-order valence-electron chi connectivity index (χ0n) is 11.0. The van der Waals surface area contributed by atoms with E-state index >= 15 is 0 Å². The summed E-state index contributed by atoms with van der Waals surface area (Å²) < 4.78 is 5.08. The molecule has 0 radical (unpaired) electrons. The molecule has 0 spiro atoms. The summed E-state index contributed by atoms with van der Waals surface area (Å²) in [6, 6.07) is 0. The van der Waals surface area contributed by atoms with Crippen molar-refractivity contribution >= 4 is 5.97 Å². The summed E-state index contributed by atoms with van der Waals surface area (Å²) >= 11 is 0. The fourth-order valence-corrected chi connectivity index (χ4v) is 1.10. The summed E-state index contributed by atoms with van der Waals surface area (Å²) in [7, 11) is 0. The van der Waals surface area contributed by atoms with Gasteiger partial charge >= 0.3 is 5.97 Å². The maximum absolute atomic E-state index is 10.3. The van der Waals surface area contributed by atoms with Crippen LogP contribution in [-0.4, -0.2) is 28.1 Å². The molecule has 0 saturated carbocycles. The van der Waals surface area contributed by atoms with Crippen LogP contribution in [0.25, 0.3) is 0 Å². The van der Waals surface area contributed by atoms with E-state index in [2.05, 4.69) is 24.1 Å². The van der Waals surface area contributed by atoms with Crippen molar-refractivity contribution in [2.45, 2.75) is 46.1 Å². The zero-order chi connectivity index (χ0) is 13.3. The van der Waals surface area contributed by atoms with Crippen molar-refractivity contribution in [2.75, 3.05) is 6.54 Å². The number of aromatic nitrogens is 1. The highest BCUT2D eigenvalue weighted by Gasteiger charge is 2.20. The number of nitrogens with one attached hydrogen (secondary N) is 1. The van der Waals surface area contributed by atoms with Gasteiger partial charge < -0.3 is 14.8 Å². The van der Waals surface area contributed by atoms with Crippen molar-refractivity contribution in [3.8, 4) is 0 Å². The Kier molecular flexibility index (Phi) is 7.21. The molecule has 0 unspecified atom stereocenters. The number of hydrogen-bond acceptors (Lipinski definition) is 4.